The Hall–Kier alpha value is -4.18. The minimum absolute atomic E-state index is 0.0196. The van der Waals surface area contributed by atoms with E-state index in [1.54, 1.807) is 28.6 Å². The molecule has 1 fully saturated rings. The highest BCUT2D eigenvalue weighted by Crippen LogP contribution is 2.31. The smallest absolute Gasteiger partial charge is 0.277 e. The molecule has 0 spiro atoms. The molecule has 0 radical (unpaired) electrons. The molecular formula is C30H36N6O4. The van der Waals surface area contributed by atoms with E-state index in [0.29, 0.717) is 49.6 Å². The number of nitrogens with zero attached hydrogens (tertiary/aromatic N) is 6. The largest absolute Gasteiger partial charge is 0.497 e. The second kappa shape index (κ2) is 11.5. The van der Waals surface area contributed by atoms with E-state index in [1.165, 1.54) is 0 Å². The number of ether oxygens (including phenoxy) is 1. The van der Waals surface area contributed by atoms with Crippen molar-refractivity contribution >= 4 is 29.1 Å². The number of carbonyl (C=O) groups is 3. The van der Waals surface area contributed by atoms with Crippen molar-refractivity contribution in [3.63, 3.8) is 0 Å². The molecule has 3 heterocycles. The van der Waals surface area contributed by atoms with Gasteiger partial charge in [-0.2, -0.15) is 5.10 Å². The van der Waals surface area contributed by atoms with E-state index in [9.17, 15) is 14.4 Å². The average Bonchev–Trinajstić information content (AvgIpc) is 3.32. The van der Waals surface area contributed by atoms with Crippen LogP contribution in [-0.2, 0) is 22.6 Å². The van der Waals surface area contributed by atoms with Crippen LogP contribution >= 0.6 is 0 Å². The number of piperidine rings is 1. The molecule has 1 saturated heterocycles. The van der Waals surface area contributed by atoms with Gasteiger partial charge in [0.25, 0.3) is 5.91 Å². The lowest BCUT2D eigenvalue weighted by Crippen LogP contribution is -2.39. The van der Waals surface area contributed by atoms with Crippen LogP contribution in [0.1, 0.15) is 41.0 Å². The highest BCUT2D eigenvalue weighted by atomic mass is 16.5. The quantitative estimate of drug-likeness (QED) is 0.433. The number of rotatable bonds is 8. The average molecular weight is 545 g/mol. The first-order chi connectivity index (χ1) is 19.3. The van der Waals surface area contributed by atoms with Gasteiger partial charge in [0.15, 0.2) is 0 Å². The van der Waals surface area contributed by atoms with Crippen LogP contribution in [0.25, 0.3) is 5.69 Å². The van der Waals surface area contributed by atoms with Gasteiger partial charge in [-0.1, -0.05) is 0 Å². The molecule has 0 unspecified atom stereocenters. The highest BCUT2D eigenvalue weighted by Gasteiger charge is 2.34. The minimum atomic E-state index is -0.153. The zero-order chi connectivity index (χ0) is 28.4. The summed E-state index contributed by atoms with van der Waals surface area (Å²) in [5.74, 6) is 0.676. The third-order valence-corrected chi connectivity index (χ3v) is 7.48. The van der Waals surface area contributed by atoms with E-state index in [2.05, 4.69) is 0 Å². The molecule has 3 aromatic rings. The first kappa shape index (κ1) is 27.4. The summed E-state index contributed by atoms with van der Waals surface area (Å²) in [5.41, 5.74) is 4.43. The van der Waals surface area contributed by atoms with Crippen LogP contribution in [0, 0.1) is 0 Å². The van der Waals surface area contributed by atoms with Crippen LogP contribution in [0.4, 0.5) is 11.4 Å². The van der Waals surface area contributed by atoms with Gasteiger partial charge in [-0.05, 0) is 81.9 Å². The minimum Gasteiger partial charge on any atom is -0.497 e. The lowest BCUT2D eigenvalue weighted by atomic mass is 10.0. The molecular weight excluding hydrogens is 508 g/mol. The number of amides is 3. The predicted molar refractivity (Wildman–Crippen MR) is 153 cm³/mol. The summed E-state index contributed by atoms with van der Waals surface area (Å²) in [6, 6.07) is 15.0. The number of carbonyl (C=O) groups excluding carboxylic acids is 3. The molecule has 0 N–H and O–H groups in total. The Labute approximate surface area is 234 Å². The number of fused-ring (bicyclic) bond motifs is 1. The van der Waals surface area contributed by atoms with Gasteiger partial charge >= 0.3 is 0 Å². The number of hydrogen-bond donors (Lipinski definition) is 0. The van der Waals surface area contributed by atoms with E-state index in [4.69, 9.17) is 9.84 Å². The third kappa shape index (κ3) is 5.44. The van der Waals surface area contributed by atoms with Gasteiger partial charge < -0.3 is 24.3 Å². The van der Waals surface area contributed by atoms with Crippen molar-refractivity contribution in [2.75, 3.05) is 57.7 Å². The van der Waals surface area contributed by atoms with Gasteiger partial charge in [0, 0.05) is 43.5 Å². The molecule has 0 atom stereocenters. The van der Waals surface area contributed by atoms with Crippen LogP contribution in [0.5, 0.6) is 5.75 Å². The van der Waals surface area contributed by atoms with E-state index in [-0.39, 0.29) is 17.7 Å². The Morgan fingerprint density at radius 2 is 1.52 bits per heavy atom. The van der Waals surface area contributed by atoms with Gasteiger partial charge in [0.1, 0.15) is 11.4 Å². The van der Waals surface area contributed by atoms with E-state index in [1.807, 2.05) is 72.4 Å². The van der Waals surface area contributed by atoms with Crippen LogP contribution in [-0.4, -0.2) is 85.2 Å². The lowest BCUT2D eigenvalue weighted by Gasteiger charge is -2.30. The molecule has 2 aromatic carbocycles. The van der Waals surface area contributed by atoms with Crippen molar-refractivity contribution in [1.82, 2.24) is 19.6 Å². The standard InChI is InChI=1S/C30H36N6O4/c1-32(2)20-28(38)33(3)19-26-25-16-18-35(22-10-8-21(9-11-22)34-17-6-5-7-27(34)37)30(39)29(25)36(31-26)23-12-14-24(40-4)15-13-23/h8-15H,5-7,16-20H2,1-4H3. The van der Waals surface area contributed by atoms with Crippen LogP contribution in [0.15, 0.2) is 48.5 Å². The first-order valence-electron chi connectivity index (χ1n) is 13.6. The van der Waals surface area contributed by atoms with Crippen LogP contribution in [0.2, 0.25) is 0 Å². The van der Waals surface area contributed by atoms with Crippen LogP contribution < -0.4 is 14.5 Å². The van der Waals surface area contributed by atoms with Crippen molar-refractivity contribution in [2.24, 2.45) is 0 Å². The summed E-state index contributed by atoms with van der Waals surface area (Å²) in [5, 5.41) is 4.86. The molecule has 10 heteroatoms. The second-order valence-corrected chi connectivity index (χ2v) is 10.6. The van der Waals surface area contributed by atoms with Gasteiger partial charge in [-0.3, -0.25) is 14.4 Å². The highest BCUT2D eigenvalue weighted by molar-refractivity contribution is 6.08. The Morgan fingerprint density at radius 3 is 2.15 bits per heavy atom. The van der Waals surface area contributed by atoms with Crippen molar-refractivity contribution in [3.05, 3.63) is 65.5 Å². The summed E-state index contributed by atoms with van der Waals surface area (Å²) in [4.78, 5) is 46.2. The Kier molecular flexibility index (Phi) is 7.88. The number of likely N-dealkylation sites (N-methyl/N-ethyl adjacent to an activating group) is 2. The SMILES string of the molecule is COc1ccc(-n2nc(CN(C)C(=O)CN(C)C)c3c2C(=O)N(c2ccc(N4CCCCC4=O)cc2)CC3)cc1. The van der Waals surface area contributed by atoms with Crippen molar-refractivity contribution in [3.8, 4) is 11.4 Å². The topological polar surface area (TPSA) is 91.2 Å². The van der Waals surface area contributed by atoms with Gasteiger partial charge in [0.05, 0.1) is 31.6 Å². The molecule has 5 rings (SSSR count). The van der Waals surface area contributed by atoms with Crippen molar-refractivity contribution in [1.29, 1.82) is 0 Å². The summed E-state index contributed by atoms with van der Waals surface area (Å²) < 4.78 is 7.00. The maximum atomic E-state index is 14.0. The maximum Gasteiger partial charge on any atom is 0.277 e. The first-order valence-corrected chi connectivity index (χ1v) is 13.6. The number of anilines is 2. The van der Waals surface area contributed by atoms with Gasteiger partial charge in [-0.15, -0.1) is 0 Å². The number of benzene rings is 2. The fourth-order valence-corrected chi connectivity index (χ4v) is 5.31. The molecule has 210 valence electrons. The second-order valence-electron chi connectivity index (χ2n) is 10.6. The summed E-state index contributed by atoms with van der Waals surface area (Å²) in [6.45, 7) is 1.82. The Morgan fingerprint density at radius 1 is 0.875 bits per heavy atom. The Balaban J connectivity index is 1.47. The lowest BCUT2D eigenvalue weighted by molar-refractivity contribution is -0.131. The zero-order valence-electron chi connectivity index (χ0n) is 23.6. The zero-order valence-corrected chi connectivity index (χ0v) is 23.6. The Bertz CT molecular complexity index is 1400. The number of methoxy groups -OCH3 is 1. The summed E-state index contributed by atoms with van der Waals surface area (Å²) >= 11 is 0. The fraction of sp³-hybridized carbons (Fsp3) is 0.400. The predicted octanol–water partition coefficient (Wildman–Crippen LogP) is 3.12. The van der Waals surface area contributed by atoms with Gasteiger partial charge in [-0.25, -0.2) is 4.68 Å². The van der Waals surface area contributed by atoms with E-state index in [0.717, 1.165) is 42.0 Å². The molecule has 2 aliphatic heterocycles. The third-order valence-electron chi connectivity index (χ3n) is 7.48. The monoisotopic (exact) mass is 544 g/mol. The summed E-state index contributed by atoms with van der Waals surface area (Å²) in [7, 11) is 7.08. The normalized spacial score (nSPS) is 15.4. The van der Waals surface area contributed by atoms with Crippen LogP contribution in [0.3, 0.4) is 0 Å². The molecule has 1 aromatic heterocycles. The maximum absolute atomic E-state index is 14.0. The number of aromatic nitrogens is 2. The van der Waals surface area contributed by atoms with Gasteiger partial charge in [0.2, 0.25) is 11.8 Å². The molecule has 3 amide bonds. The van der Waals surface area contributed by atoms with Crippen molar-refractivity contribution < 1.29 is 19.1 Å². The molecule has 40 heavy (non-hydrogen) atoms. The van der Waals surface area contributed by atoms with E-state index < -0.39 is 0 Å². The molecule has 2 aliphatic rings. The number of hydrogen-bond acceptors (Lipinski definition) is 6. The molecule has 0 bridgehead atoms. The van der Waals surface area contributed by atoms with E-state index >= 15 is 0 Å². The summed E-state index contributed by atoms with van der Waals surface area (Å²) in [6.07, 6.45) is 3.10. The van der Waals surface area contributed by atoms with Crippen molar-refractivity contribution in [2.45, 2.75) is 32.2 Å². The molecule has 0 saturated carbocycles. The molecule has 10 nitrogen and oxygen atoms in total. The molecule has 0 aliphatic carbocycles. The fourth-order valence-electron chi connectivity index (χ4n) is 5.31.